The molecule has 1 unspecified atom stereocenters. The van der Waals surface area contributed by atoms with Crippen LogP contribution < -0.4 is 5.32 Å². The summed E-state index contributed by atoms with van der Waals surface area (Å²) < 4.78 is 31.2. The van der Waals surface area contributed by atoms with E-state index in [1.807, 2.05) is 38.1 Å². The van der Waals surface area contributed by atoms with Crippen LogP contribution >= 0.6 is 0 Å². The molecule has 1 aromatic carbocycles. The molecule has 10 heteroatoms. The lowest BCUT2D eigenvalue weighted by Crippen LogP contribution is -2.42. The van der Waals surface area contributed by atoms with Crippen molar-refractivity contribution >= 4 is 16.8 Å². The van der Waals surface area contributed by atoms with Crippen LogP contribution in [0.5, 0.6) is 0 Å². The summed E-state index contributed by atoms with van der Waals surface area (Å²) in [5, 5.41) is 11.5. The van der Waals surface area contributed by atoms with E-state index in [9.17, 15) is 4.79 Å². The number of carbonyl (C=O) groups is 1. The van der Waals surface area contributed by atoms with Gasteiger partial charge in [-0.05, 0) is 113 Å². The van der Waals surface area contributed by atoms with Gasteiger partial charge in [-0.1, -0.05) is 26.3 Å². The highest BCUT2D eigenvalue weighted by Crippen LogP contribution is 2.38. The monoisotopic (exact) mass is 655 g/mol. The second-order valence-corrected chi connectivity index (χ2v) is 14.2. The zero-order valence-corrected chi connectivity index (χ0v) is 28.6. The molecule has 4 aromatic rings. The van der Waals surface area contributed by atoms with E-state index >= 15 is 8.78 Å². The molecule has 8 nitrogen and oxygen atoms in total. The Balaban J connectivity index is 1.26. The summed E-state index contributed by atoms with van der Waals surface area (Å²) in [6.07, 6.45) is 11.6. The Bertz CT molecular complexity index is 1720. The quantitative estimate of drug-likeness (QED) is 0.191. The topological polar surface area (TPSA) is 87.1 Å². The number of aryl methyl sites for hydroxylation is 1. The van der Waals surface area contributed by atoms with Crippen molar-refractivity contribution in [3.05, 3.63) is 83.2 Å². The molecular formula is C38H47F2N7O. The first-order valence-electron chi connectivity index (χ1n) is 17.3. The first kappa shape index (κ1) is 34.0. The van der Waals surface area contributed by atoms with Crippen LogP contribution in [0, 0.1) is 11.7 Å². The minimum Gasteiger partial charge on any atom is -0.345 e. The van der Waals surface area contributed by atoms with Gasteiger partial charge in [-0.2, -0.15) is 10.2 Å². The molecule has 0 saturated carbocycles. The minimum absolute atomic E-state index is 0.134. The smallest absolute Gasteiger partial charge is 0.251 e. The van der Waals surface area contributed by atoms with Gasteiger partial charge in [0.05, 0.1) is 24.1 Å². The molecule has 254 valence electrons. The average Bonchev–Trinajstić information content (AvgIpc) is 3.09. The number of benzene rings is 1. The van der Waals surface area contributed by atoms with Crippen LogP contribution in [0.1, 0.15) is 85.6 Å². The standard InChI is InChI=1S/C38H47F2N7O/c1-25(2)38(40)14-10-34-30(22-38)20-28-19-29(21-32(39)36(28)44-34)37(48)45-35(13-18-47-16-6-5-7-31(47)12-17-46(3)4)26-8-9-33(41-23-26)27-11-15-42-43-24-27/h8-9,11,15,19-21,23-25,31,35H,5-7,10,12-14,16-18,22H2,1-4H3,(H,45,48)/t31?,35-,38+/m1/s1. The first-order chi connectivity index (χ1) is 23.1. The predicted molar refractivity (Wildman–Crippen MR) is 185 cm³/mol. The second-order valence-electron chi connectivity index (χ2n) is 14.2. The molecular weight excluding hydrogens is 608 g/mol. The maximum absolute atomic E-state index is 15.6. The summed E-state index contributed by atoms with van der Waals surface area (Å²) in [4.78, 5) is 28.0. The van der Waals surface area contributed by atoms with Crippen molar-refractivity contribution in [2.45, 2.75) is 83.0 Å². The van der Waals surface area contributed by atoms with E-state index in [0.29, 0.717) is 30.7 Å². The van der Waals surface area contributed by atoms with E-state index in [4.69, 9.17) is 4.98 Å². The number of hydrogen-bond acceptors (Lipinski definition) is 7. The molecule has 1 saturated heterocycles. The minimum atomic E-state index is -1.32. The van der Waals surface area contributed by atoms with Crippen LogP contribution in [-0.2, 0) is 12.8 Å². The highest BCUT2D eigenvalue weighted by molar-refractivity contribution is 5.98. The third kappa shape index (κ3) is 7.70. The normalized spacial score (nSPS) is 20.6. The number of halogens is 2. The molecule has 1 aliphatic carbocycles. The highest BCUT2D eigenvalue weighted by Gasteiger charge is 2.38. The van der Waals surface area contributed by atoms with E-state index in [1.165, 1.54) is 25.3 Å². The SMILES string of the molecule is CC(C)[C@]1(F)CCc2nc3c(F)cc(C(=O)N[C@H](CCN4CCCCC4CCN(C)C)c4ccc(-c5ccnnc5)nc4)cc3cc2C1. The lowest BCUT2D eigenvalue weighted by atomic mass is 9.77. The highest BCUT2D eigenvalue weighted by atomic mass is 19.1. The molecule has 1 fully saturated rings. The maximum atomic E-state index is 15.6. The number of rotatable bonds is 11. The second kappa shape index (κ2) is 14.7. The summed E-state index contributed by atoms with van der Waals surface area (Å²) in [6, 6.07) is 10.7. The lowest BCUT2D eigenvalue weighted by Gasteiger charge is -2.37. The number of carbonyl (C=O) groups excluding carboxylic acids is 1. The zero-order chi connectivity index (χ0) is 33.8. The molecule has 0 radical (unpaired) electrons. The van der Waals surface area contributed by atoms with Gasteiger partial charge in [0.15, 0.2) is 0 Å². The van der Waals surface area contributed by atoms with Crippen molar-refractivity contribution in [1.29, 1.82) is 0 Å². The fraction of sp³-hybridized carbons (Fsp3) is 0.500. The molecule has 1 N–H and O–H groups in total. The fourth-order valence-corrected chi connectivity index (χ4v) is 7.22. The van der Waals surface area contributed by atoms with Crippen LogP contribution in [0.3, 0.4) is 0 Å². The van der Waals surface area contributed by atoms with E-state index in [1.54, 1.807) is 24.7 Å². The number of amides is 1. The lowest BCUT2D eigenvalue weighted by molar-refractivity contribution is 0.0821. The number of likely N-dealkylation sites (tertiary alicyclic amines) is 1. The molecule has 1 aliphatic heterocycles. The van der Waals surface area contributed by atoms with Gasteiger partial charge in [0.2, 0.25) is 0 Å². The largest absolute Gasteiger partial charge is 0.345 e. The van der Waals surface area contributed by atoms with Gasteiger partial charge in [0, 0.05) is 47.4 Å². The third-order valence-electron chi connectivity index (χ3n) is 10.3. The summed E-state index contributed by atoms with van der Waals surface area (Å²) in [5.41, 5.74) is 3.15. The summed E-state index contributed by atoms with van der Waals surface area (Å²) in [6.45, 7) is 6.68. The van der Waals surface area contributed by atoms with E-state index in [-0.39, 0.29) is 35.4 Å². The summed E-state index contributed by atoms with van der Waals surface area (Å²) in [7, 11) is 4.22. The molecule has 0 spiro atoms. The van der Waals surface area contributed by atoms with Crippen molar-refractivity contribution in [3.63, 3.8) is 0 Å². The number of fused-ring (bicyclic) bond motifs is 2. The number of hydrogen-bond donors (Lipinski definition) is 1. The summed E-state index contributed by atoms with van der Waals surface area (Å²) >= 11 is 0. The Morgan fingerprint density at radius 1 is 1.12 bits per heavy atom. The van der Waals surface area contributed by atoms with E-state index in [2.05, 4.69) is 44.4 Å². The van der Waals surface area contributed by atoms with Gasteiger partial charge in [-0.25, -0.2) is 13.8 Å². The van der Waals surface area contributed by atoms with Crippen LogP contribution in [0.15, 0.2) is 55.0 Å². The summed E-state index contributed by atoms with van der Waals surface area (Å²) in [5.74, 6) is -1.05. The Hall–Kier alpha value is -3.89. The Morgan fingerprint density at radius 2 is 1.98 bits per heavy atom. The molecule has 0 bridgehead atoms. The predicted octanol–water partition coefficient (Wildman–Crippen LogP) is 6.75. The molecule has 3 atom stereocenters. The fourth-order valence-electron chi connectivity index (χ4n) is 7.22. The van der Waals surface area contributed by atoms with Crippen molar-refractivity contribution in [3.8, 4) is 11.3 Å². The van der Waals surface area contributed by atoms with Crippen LogP contribution in [0.2, 0.25) is 0 Å². The van der Waals surface area contributed by atoms with Gasteiger partial charge >= 0.3 is 0 Å². The van der Waals surface area contributed by atoms with Gasteiger partial charge in [0.1, 0.15) is 17.0 Å². The molecule has 3 aromatic heterocycles. The molecule has 6 rings (SSSR count). The number of nitrogens with zero attached hydrogens (tertiary/aromatic N) is 6. The molecule has 1 amide bonds. The Kier molecular flexibility index (Phi) is 10.4. The van der Waals surface area contributed by atoms with Crippen molar-refractivity contribution in [2.24, 2.45) is 5.92 Å². The van der Waals surface area contributed by atoms with Gasteiger partial charge in [-0.3, -0.25) is 9.78 Å². The molecule has 48 heavy (non-hydrogen) atoms. The number of piperidine rings is 1. The van der Waals surface area contributed by atoms with Gasteiger partial charge in [0.25, 0.3) is 5.91 Å². The molecule has 4 heterocycles. The number of nitrogens with one attached hydrogen (secondary N) is 1. The first-order valence-corrected chi connectivity index (χ1v) is 17.3. The van der Waals surface area contributed by atoms with Crippen molar-refractivity contribution < 1.29 is 13.6 Å². The molecule has 2 aliphatic rings. The van der Waals surface area contributed by atoms with E-state index < -0.39 is 11.5 Å². The average molecular weight is 656 g/mol. The third-order valence-corrected chi connectivity index (χ3v) is 10.3. The Labute approximate surface area is 282 Å². The zero-order valence-electron chi connectivity index (χ0n) is 28.6. The van der Waals surface area contributed by atoms with Crippen molar-refractivity contribution in [2.75, 3.05) is 33.7 Å². The van der Waals surface area contributed by atoms with Crippen LogP contribution in [-0.4, -0.2) is 81.3 Å². The maximum Gasteiger partial charge on any atom is 0.251 e. The van der Waals surface area contributed by atoms with Crippen molar-refractivity contribution in [1.82, 2.24) is 35.3 Å². The van der Waals surface area contributed by atoms with Gasteiger partial charge < -0.3 is 15.1 Å². The van der Waals surface area contributed by atoms with Gasteiger partial charge in [-0.15, -0.1) is 0 Å². The van der Waals surface area contributed by atoms with E-state index in [0.717, 1.165) is 54.1 Å². The number of pyridine rings is 2. The number of alkyl halides is 1. The van der Waals surface area contributed by atoms with Crippen LogP contribution in [0.4, 0.5) is 8.78 Å². The Morgan fingerprint density at radius 3 is 2.71 bits per heavy atom. The number of aromatic nitrogens is 4. The van der Waals surface area contributed by atoms with Crippen LogP contribution in [0.25, 0.3) is 22.2 Å².